The van der Waals surface area contributed by atoms with Crippen molar-refractivity contribution in [3.05, 3.63) is 11.1 Å². The molecule has 1 aromatic heterocycles. The molecule has 1 fully saturated rings. The molecule has 0 saturated carbocycles. The molecule has 0 radical (unpaired) electrons. The van der Waals surface area contributed by atoms with Gasteiger partial charge in [0.2, 0.25) is 0 Å². The summed E-state index contributed by atoms with van der Waals surface area (Å²) < 4.78 is 25.7. The minimum atomic E-state index is -2.59. The molecule has 14 heavy (non-hydrogen) atoms. The van der Waals surface area contributed by atoms with Crippen LogP contribution in [-0.4, -0.2) is 24.5 Å². The Hall–Kier alpha value is -0.750. The fourth-order valence-corrected chi connectivity index (χ4v) is 2.21. The molecule has 3 nitrogen and oxygen atoms in total. The summed E-state index contributed by atoms with van der Waals surface area (Å²) in [5.41, 5.74) is 0.705. The van der Waals surface area contributed by atoms with Crippen molar-refractivity contribution in [1.29, 1.82) is 0 Å². The van der Waals surface area contributed by atoms with Crippen LogP contribution < -0.4 is 10.6 Å². The maximum atomic E-state index is 12.9. The van der Waals surface area contributed by atoms with Crippen LogP contribution in [0.5, 0.6) is 0 Å². The van der Waals surface area contributed by atoms with Crippen LogP contribution in [0.4, 0.5) is 13.9 Å². The largest absolute Gasteiger partial charge is 0.365 e. The lowest BCUT2D eigenvalue weighted by atomic mass is 10.1. The summed E-state index contributed by atoms with van der Waals surface area (Å²) in [6.07, 6.45) is -0.153. The molecule has 0 amide bonds. The minimum absolute atomic E-state index is 0.153. The van der Waals surface area contributed by atoms with E-state index < -0.39 is 5.92 Å². The molecule has 2 rings (SSSR count). The van der Waals surface area contributed by atoms with E-state index in [1.807, 2.05) is 5.38 Å². The molecule has 1 aliphatic heterocycles. The summed E-state index contributed by atoms with van der Waals surface area (Å²) in [5, 5.41) is 8.22. The Morgan fingerprint density at radius 1 is 1.71 bits per heavy atom. The summed E-state index contributed by atoms with van der Waals surface area (Å²) in [4.78, 5) is 4.19. The third-order valence-electron chi connectivity index (χ3n) is 2.20. The molecule has 2 N–H and O–H groups in total. The lowest BCUT2D eigenvalue weighted by Gasteiger charge is -2.06. The highest BCUT2D eigenvalue weighted by molar-refractivity contribution is 7.13. The molecular weight excluding hydrogens is 208 g/mol. The van der Waals surface area contributed by atoms with Crippen molar-refractivity contribution in [1.82, 2.24) is 10.3 Å². The van der Waals surface area contributed by atoms with Gasteiger partial charge in [-0.15, -0.1) is 11.3 Å². The van der Waals surface area contributed by atoms with Gasteiger partial charge in [0.25, 0.3) is 5.92 Å². The summed E-state index contributed by atoms with van der Waals surface area (Å²) in [5.74, 6) is -2.59. The molecule has 1 atom stereocenters. The van der Waals surface area contributed by atoms with Gasteiger partial charge in [-0.05, 0) is 0 Å². The molecular formula is C8H11F2N3S. The molecule has 78 valence electrons. The number of rotatable bonds is 2. The number of aromatic nitrogens is 1. The number of nitrogens with zero attached hydrogens (tertiary/aromatic N) is 1. The van der Waals surface area contributed by atoms with Gasteiger partial charge in [0, 0.05) is 18.8 Å². The first kappa shape index (κ1) is 9.79. The number of anilines is 1. The summed E-state index contributed by atoms with van der Waals surface area (Å²) in [6, 6.07) is -0.302. The number of hydrogen-bond donors (Lipinski definition) is 2. The van der Waals surface area contributed by atoms with Gasteiger partial charge in [-0.2, -0.15) is 0 Å². The third-order valence-corrected chi connectivity index (χ3v) is 3.08. The molecule has 1 saturated heterocycles. The highest BCUT2D eigenvalue weighted by atomic mass is 32.1. The Kier molecular flexibility index (Phi) is 2.40. The maximum Gasteiger partial charge on any atom is 0.262 e. The predicted octanol–water partition coefficient (Wildman–Crippen LogP) is 1.85. The van der Waals surface area contributed by atoms with E-state index in [4.69, 9.17) is 0 Å². The van der Waals surface area contributed by atoms with Crippen molar-refractivity contribution in [2.24, 2.45) is 0 Å². The predicted molar refractivity (Wildman–Crippen MR) is 52.0 cm³/mol. The highest BCUT2D eigenvalue weighted by Gasteiger charge is 2.40. The van der Waals surface area contributed by atoms with Crippen LogP contribution in [0, 0.1) is 0 Å². The maximum absolute atomic E-state index is 12.9. The molecule has 0 aliphatic carbocycles. The van der Waals surface area contributed by atoms with E-state index in [1.165, 1.54) is 11.3 Å². The quantitative estimate of drug-likeness (QED) is 0.797. The van der Waals surface area contributed by atoms with E-state index in [1.54, 1.807) is 7.05 Å². The van der Waals surface area contributed by atoms with Crippen molar-refractivity contribution in [3.8, 4) is 0 Å². The van der Waals surface area contributed by atoms with E-state index in [-0.39, 0.29) is 19.0 Å². The number of thiazole rings is 1. The number of nitrogens with one attached hydrogen (secondary N) is 2. The first-order valence-corrected chi connectivity index (χ1v) is 5.23. The second kappa shape index (κ2) is 3.43. The first-order valence-electron chi connectivity index (χ1n) is 4.35. The van der Waals surface area contributed by atoms with Crippen molar-refractivity contribution >= 4 is 16.5 Å². The van der Waals surface area contributed by atoms with Crippen molar-refractivity contribution in [3.63, 3.8) is 0 Å². The smallest absolute Gasteiger partial charge is 0.262 e. The van der Waals surface area contributed by atoms with Gasteiger partial charge in [-0.3, -0.25) is 0 Å². The summed E-state index contributed by atoms with van der Waals surface area (Å²) in [7, 11) is 1.76. The average molecular weight is 219 g/mol. The van der Waals surface area contributed by atoms with Gasteiger partial charge in [0.05, 0.1) is 18.3 Å². The second-order valence-corrected chi connectivity index (χ2v) is 4.18. The van der Waals surface area contributed by atoms with E-state index in [0.717, 1.165) is 5.13 Å². The van der Waals surface area contributed by atoms with E-state index in [2.05, 4.69) is 15.6 Å². The van der Waals surface area contributed by atoms with Crippen molar-refractivity contribution < 1.29 is 8.78 Å². The third kappa shape index (κ3) is 1.85. The number of alkyl halides is 2. The Bertz CT molecular complexity index is 326. The first-order chi connectivity index (χ1) is 6.61. The van der Waals surface area contributed by atoms with Crippen LogP contribution in [0.25, 0.3) is 0 Å². The Balaban J connectivity index is 2.09. The van der Waals surface area contributed by atoms with Crippen molar-refractivity contribution in [2.75, 3.05) is 18.9 Å². The molecule has 0 unspecified atom stereocenters. The van der Waals surface area contributed by atoms with Gasteiger partial charge < -0.3 is 10.6 Å². The van der Waals surface area contributed by atoms with Gasteiger partial charge in [0.1, 0.15) is 0 Å². The monoisotopic (exact) mass is 219 g/mol. The van der Waals surface area contributed by atoms with Gasteiger partial charge >= 0.3 is 0 Å². The van der Waals surface area contributed by atoms with Crippen molar-refractivity contribution in [2.45, 2.75) is 18.4 Å². The molecule has 0 aromatic carbocycles. The summed E-state index contributed by atoms with van der Waals surface area (Å²) >= 11 is 1.43. The zero-order valence-electron chi connectivity index (χ0n) is 7.68. The fraction of sp³-hybridized carbons (Fsp3) is 0.625. The van der Waals surface area contributed by atoms with Gasteiger partial charge in [0.15, 0.2) is 5.13 Å². The normalized spacial score (nSPS) is 25.2. The van der Waals surface area contributed by atoms with E-state index in [9.17, 15) is 8.78 Å². The van der Waals surface area contributed by atoms with Crippen LogP contribution in [0.2, 0.25) is 0 Å². The highest BCUT2D eigenvalue weighted by Crippen LogP contribution is 2.34. The average Bonchev–Trinajstić information content (AvgIpc) is 2.70. The SMILES string of the molecule is CNc1nc([C@H]2CC(F)(F)CN2)cs1. The van der Waals surface area contributed by atoms with Crippen LogP contribution >= 0.6 is 11.3 Å². The molecule has 1 aromatic rings. The van der Waals surface area contributed by atoms with Crippen LogP contribution in [0.3, 0.4) is 0 Å². The molecule has 1 aliphatic rings. The molecule has 6 heteroatoms. The fourth-order valence-electron chi connectivity index (χ4n) is 1.49. The molecule has 0 bridgehead atoms. The van der Waals surface area contributed by atoms with E-state index in [0.29, 0.717) is 5.69 Å². The van der Waals surface area contributed by atoms with Crippen LogP contribution in [-0.2, 0) is 0 Å². The second-order valence-electron chi connectivity index (χ2n) is 3.32. The Morgan fingerprint density at radius 2 is 2.50 bits per heavy atom. The molecule has 2 heterocycles. The topological polar surface area (TPSA) is 37.0 Å². The Morgan fingerprint density at radius 3 is 3.00 bits per heavy atom. The zero-order valence-corrected chi connectivity index (χ0v) is 8.50. The molecule has 0 spiro atoms. The zero-order chi connectivity index (χ0) is 10.2. The summed E-state index contributed by atoms with van der Waals surface area (Å²) in [6.45, 7) is -0.246. The Labute approximate surface area is 84.5 Å². The lowest BCUT2D eigenvalue weighted by molar-refractivity contribution is 0.0209. The van der Waals surface area contributed by atoms with Gasteiger partial charge in [-0.1, -0.05) is 0 Å². The van der Waals surface area contributed by atoms with Gasteiger partial charge in [-0.25, -0.2) is 13.8 Å². The standard InChI is InChI=1S/C8H11F2N3S/c1-11-7-13-6(3-14-7)5-2-8(9,10)4-12-5/h3,5,12H,2,4H2,1H3,(H,11,13)/t5-/m1/s1. The number of halogens is 2. The van der Waals surface area contributed by atoms with Crippen LogP contribution in [0.1, 0.15) is 18.2 Å². The van der Waals surface area contributed by atoms with Crippen LogP contribution in [0.15, 0.2) is 5.38 Å². The number of hydrogen-bond acceptors (Lipinski definition) is 4. The van der Waals surface area contributed by atoms with E-state index >= 15 is 0 Å². The minimum Gasteiger partial charge on any atom is -0.365 e. The lowest BCUT2D eigenvalue weighted by Crippen LogP contribution is -2.19.